The summed E-state index contributed by atoms with van der Waals surface area (Å²) in [6.45, 7) is 8.07. The first kappa shape index (κ1) is 22.2. The Bertz CT molecular complexity index is 1230. The molecule has 0 bridgehead atoms. The molecule has 0 spiro atoms. The van der Waals surface area contributed by atoms with E-state index in [1.165, 1.54) is 11.8 Å². The molecule has 1 atom stereocenters. The number of hydrogen-bond acceptors (Lipinski definition) is 3. The van der Waals surface area contributed by atoms with E-state index in [9.17, 15) is 9.59 Å². The maximum absolute atomic E-state index is 13.5. The van der Waals surface area contributed by atoms with Crippen LogP contribution in [-0.4, -0.2) is 21.6 Å². The van der Waals surface area contributed by atoms with Gasteiger partial charge in [0.05, 0.1) is 16.3 Å². The van der Waals surface area contributed by atoms with Gasteiger partial charge in [-0.05, 0) is 48.7 Å². The van der Waals surface area contributed by atoms with Crippen LogP contribution in [0.3, 0.4) is 0 Å². The van der Waals surface area contributed by atoms with Crippen molar-refractivity contribution in [2.24, 2.45) is 5.41 Å². The molecule has 0 aliphatic carbocycles. The fourth-order valence-corrected chi connectivity index (χ4v) is 4.81. The van der Waals surface area contributed by atoms with Crippen molar-refractivity contribution in [3.05, 3.63) is 72.8 Å². The van der Waals surface area contributed by atoms with Gasteiger partial charge in [-0.2, -0.15) is 0 Å². The molecule has 4 nitrogen and oxygen atoms in total. The van der Waals surface area contributed by atoms with Gasteiger partial charge in [0, 0.05) is 27.8 Å². The van der Waals surface area contributed by atoms with Gasteiger partial charge >= 0.3 is 0 Å². The second kappa shape index (κ2) is 8.83. The number of hydrogen-bond donors (Lipinski definition) is 1. The quantitative estimate of drug-likeness (QED) is 0.338. The van der Waals surface area contributed by atoms with Crippen LogP contribution in [0, 0.1) is 5.41 Å². The number of nitrogens with one attached hydrogen (secondary N) is 1. The average Bonchev–Trinajstić information content (AvgIpc) is 3.08. The molecule has 0 saturated heterocycles. The van der Waals surface area contributed by atoms with E-state index in [1.807, 2.05) is 92.9 Å². The van der Waals surface area contributed by atoms with E-state index in [0.29, 0.717) is 6.42 Å². The monoisotopic (exact) mass is 444 g/mol. The Balaban J connectivity index is 1.52. The third-order valence-corrected chi connectivity index (χ3v) is 6.39. The standard InChI is InChI=1S/C27H28N2O2S/c1-18(32-20-15-13-19(14-16-20)28-25(30)17-27(2,3)4)26(31)29-23-11-7-5-9-21(23)22-10-6-8-12-24(22)29/h5-16,18H,17H2,1-4H3,(H,28,30). The van der Waals surface area contributed by atoms with Crippen LogP contribution in [0.25, 0.3) is 21.8 Å². The van der Waals surface area contributed by atoms with Crippen LogP contribution in [0.2, 0.25) is 0 Å². The van der Waals surface area contributed by atoms with Crippen LogP contribution < -0.4 is 5.32 Å². The van der Waals surface area contributed by atoms with Crippen molar-refractivity contribution in [2.45, 2.75) is 44.3 Å². The molecule has 1 N–H and O–H groups in total. The number of rotatable bonds is 5. The normalized spacial score (nSPS) is 12.8. The van der Waals surface area contributed by atoms with Gasteiger partial charge in [0.15, 0.2) is 0 Å². The molecule has 1 amide bonds. The minimum Gasteiger partial charge on any atom is -0.326 e. The maximum Gasteiger partial charge on any atom is 0.244 e. The predicted octanol–water partition coefficient (Wildman–Crippen LogP) is 6.99. The summed E-state index contributed by atoms with van der Waals surface area (Å²) in [4.78, 5) is 26.6. The second-order valence-electron chi connectivity index (χ2n) is 9.28. The highest BCUT2D eigenvalue weighted by Gasteiger charge is 2.21. The summed E-state index contributed by atoms with van der Waals surface area (Å²) in [6, 6.07) is 23.7. The summed E-state index contributed by atoms with van der Waals surface area (Å²) in [5, 5.41) is 4.85. The van der Waals surface area contributed by atoms with E-state index < -0.39 is 0 Å². The Hall–Kier alpha value is -3.05. The van der Waals surface area contributed by atoms with Crippen molar-refractivity contribution in [1.29, 1.82) is 0 Å². The molecule has 0 saturated carbocycles. The Morgan fingerprint density at radius 2 is 1.41 bits per heavy atom. The molecular formula is C27H28N2O2S. The zero-order chi connectivity index (χ0) is 22.9. The van der Waals surface area contributed by atoms with Gasteiger partial charge in [-0.25, -0.2) is 0 Å². The Morgan fingerprint density at radius 1 is 0.875 bits per heavy atom. The van der Waals surface area contributed by atoms with E-state index >= 15 is 0 Å². The number of carbonyl (C=O) groups is 2. The summed E-state index contributed by atoms with van der Waals surface area (Å²) < 4.78 is 1.84. The maximum atomic E-state index is 13.5. The van der Waals surface area contributed by atoms with Crippen LogP contribution in [0.5, 0.6) is 0 Å². The van der Waals surface area contributed by atoms with E-state index in [-0.39, 0.29) is 22.5 Å². The Kier molecular flexibility index (Phi) is 6.11. The van der Waals surface area contributed by atoms with Gasteiger partial charge in [0.1, 0.15) is 0 Å². The Labute approximate surface area is 193 Å². The van der Waals surface area contributed by atoms with Crippen LogP contribution in [0.4, 0.5) is 5.69 Å². The summed E-state index contributed by atoms with van der Waals surface area (Å²) in [7, 11) is 0. The first-order valence-electron chi connectivity index (χ1n) is 10.8. The average molecular weight is 445 g/mol. The van der Waals surface area contributed by atoms with E-state index in [0.717, 1.165) is 32.4 Å². The molecule has 0 fully saturated rings. The van der Waals surface area contributed by atoms with Crippen molar-refractivity contribution >= 4 is 51.1 Å². The lowest BCUT2D eigenvalue weighted by molar-refractivity contribution is -0.117. The number of nitrogens with zero attached hydrogens (tertiary/aromatic N) is 1. The number of para-hydroxylation sites is 2. The van der Waals surface area contributed by atoms with E-state index in [4.69, 9.17) is 0 Å². The van der Waals surface area contributed by atoms with Crippen molar-refractivity contribution < 1.29 is 9.59 Å². The molecule has 32 heavy (non-hydrogen) atoms. The minimum atomic E-state index is -0.268. The largest absolute Gasteiger partial charge is 0.326 e. The highest BCUT2D eigenvalue weighted by atomic mass is 32.2. The molecule has 4 aromatic rings. The molecule has 1 unspecified atom stereocenters. The first-order chi connectivity index (χ1) is 15.2. The van der Waals surface area contributed by atoms with Gasteiger partial charge in [0.2, 0.25) is 11.8 Å². The van der Waals surface area contributed by atoms with Crippen LogP contribution in [0.1, 0.15) is 38.9 Å². The van der Waals surface area contributed by atoms with Crippen LogP contribution in [0.15, 0.2) is 77.7 Å². The number of anilines is 1. The minimum absolute atomic E-state index is 0.00723. The SMILES string of the molecule is CC(Sc1ccc(NC(=O)CC(C)(C)C)cc1)C(=O)n1c2ccccc2c2ccccc21. The lowest BCUT2D eigenvalue weighted by atomic mass is 9.92. The molecule has 0 aliphatic heterocycles. The van der Waals surface area contributed by atoms with Gasteiger partial charge in [-0.1, -0.05) is 57.2 Å². The van der Waals surface area contributed by atoms with Gasteiger partial charge in [0.25, 0.3) is 0 Å². The zero-order valence-corrected chi connectivity index (χ0v) is 19.7. The van der Waals surface area contributed by atoms with Crippen molar-refractivity contribution in [3.8, 4) is 0 Å². The molecule has 5 heteroatoms. The number of fused-ring (bicyclic) bond motifs is 3. The topological polar surface area (TPSA) is 51.1 Å². The van der Waals surface area contributed by atoms with Crippen LogP contribution >= 0.6 is 11.8 Å². The second-order valence-corrected chi connectivity index (χ2v) is 10.7. The summed E-state index contributed by atoms with van der Waals surface area (Å²) in [6.07, 6.45) is 0.466. The smallest absolute Gasteiger partial charge is 0.244 e. The summed E-state index contributed by atoms with van der Waals surface area (Å²) in [5.74, 6) is 0.0581. The summed E-state index contributed by atoms with van der Waals surface area (Å²) >= 11 is 1.52. The van der Waals surface area contributed by atoms with Gasteiger partial charge in [-0.3, -0.25) is 14.2 Å². The van der Waals surface area contributed by atoms with E-state index in [2.05, 4.69) is 17.4 Å². The lowest BCUT2D eigenvalue weighted by Gasteiger charge is -2.17. The number of carbonyl (C=O) groups excluding carboxylic acids is 2. The molecule has 4 rings (SSSR count). The zero-order valence-electron chi connectivity index (χ0n) is 18.9. The number of benzene rings is 3. The van der Waals surface area contributed by atoms with E-state index in [1.54, 1.807) is 0 Å². The van der Waals surface area contributed by atoms with Crippen molar-refractivity contribution in [3.63, 3.8) is 0 Å². The molecule has 3 aromatic carbocycles. The highest BCUT2D eigenvalue weighted by molar-refractivity contribution is 8.00. The third-order valence-electron chi connectivity index (χ3n) is 5.29. The lowest BCUT2D eigenvalue weighted by Crippen LogP contribution is -2.21. The number of thioether (sulfide) groups is 1. The molecule has 0 radical (unpaired) electrons. The van der Waals surface area contributed by atoms with Crippen molar-refractivity contribution in [2.75, 3.05) is 5.32 Å². The summed E-state index contributed by atoms with van der Waals surface area (Å²) in [5.41, 5.74) is 2.58. The fourth-order valence-electron chi connectivity index (χ4n) is 3.90. The first-order valence-corrected chi connectivity index (χ1v) is 11.7. The third kappa shape index (κ3) is 4.73. The molecular weight excluding hydrogens is 416 g/mol. The molecule has 1 aromatic heterocycles. The van der Waals surface area contributed by atoms with Gasteiger partial charge < -0.3 is 5.32 Å². The molecule has 0 aliphatic rings. The molecule has 164 valence electrons. The van der Waals surface area contributed by atoms with Crippen molar-refractivity contribution in [1.82, 2.24) is 4.57 Å². The number of aromatic nitrogens is 1. The highest BCUT2D eigenvalue weighted by Crippen LogP contribution is 2.32. The van der Waals surface area contributed by atoms with Crippen LogP contribution in [-0.2, 0) is 4.79 Å². The fraction of sp³-hybridized carbons (Fsp3) is 0.259. The Morgan fingerprint density at radius 3 is 1.94 bits per heavy atom. The predicted molar refractivity (Wildman–Crippen MR) is 135 cm³/mol. The molecule has 1 heterocycles. The number of amides is 1. The van der Waals surface area contributed by atoms with Gasteiger partial charge in [-0.15, -0.1) is 11.8 Å².